The SMILES string of the molecule is C=CCOC(=O)N1CC(C)=C[C@]2(C)O[C@H]3[C@H](C(=O)N(C)[C@@H]3OC)[C@H]12. The number of methoxy groups -OCH3 is 1. The van der Waals surface area contributed by atoms with Gasteiger partial charge in [0, 0.05) is 20.7 Å². The van der Waals surface area contributed by atoms with Gasteiger partial charge in [0.25, 0.3) is 0 Å². The molecule has 3 rings (SSSR count). The Morgan fingerprint density at radius 3 is 2.92 bits per heavy atom. The van der Waals surface area contributed by atoms with Gasteiger partial charge in [0.05, 0.1) is 12.0 Å². The molecule has 3 aliphatic heterocycles. The highest BCUT2D eigenvalue weighted by molar-refractivity contribution is 5.85. The summed E-state index contributed by atoms with van der Waals surface area (Å²) in [6, 6.07) is -0.418. The van der Waals surface area contributed by atoms with Crippen molar-refractivity contribution in [2.24, 2.45) is 5.92 Å². The van der Waals surface area contributed by atoms with Crippen LogP contribution in [0.4, 0.5) is 4.79 Å². The molecular weight excluding hydrogens is 312 g/mol. The van der Waals surface area contributed by atoms with Gasteiger partial charge in [-0.25, -0.2) is 4.79 Å². The Bertz CT molecular complexity index is 604. The lowest BCUT2D eigenvalue weighted by Crippen LogP contribution is -2.57. The van der Waals surface area contributed by atoms with Crippen molar-refractivity contribution in [1.82, 2.24) is 9.80 Å². The van der Waals surface area contributed by atoms with Crippen LogP contribution in [0.3, 0.4) is 0 Å². The van der Waals surface area contributed by atoms with Crippen LogP contribution in [0.25, 0.3) is 0 Å². The minimum atomic E-state index is -0.738. The zero-order valence-corrected chi connectivity index (χ0v) is 14.5. The molecule has 0 aromatic carbocycles. The Balaban J connectivity index is 1.98. The first kappa shape index (κ1) is 17.0. The summed E-state index contributed by atoms with van der Waals surface area (Å²) >= 11 is 0. The van der Waals surface area contributed by atoms with Gasteiger partial charge in [-0.1, -0.05) is 24.3 Å². The van der Waals surface area contributed by atoms with Crippen LogP contribution in [0.15, 0.2) is 24.3 Å². The molecule has 3 aliphatic rings. The molecule has 7 nitrogen and oxygen atoms in total. The molecule has 2 amide bonds. The van der Waals surface area contributed by atoms with E-state index in [-0.39, 0.29) is 12.5 Å². The molecule has 5 atom stereocenters. The lowest BCUT2D eigenvalue weighted by molar-refractivity contribution is -0.144. The fourth-order valence-electron chi connectivity index (χ4n) is 4.27. The molecule has 0 aliphatic carbocycles. The highest BCUT2D eigenvalue weighted by atomic mass is 16.6. The van der Waals surface area contributed by atoms with E-state index in [2.05, 4.69) is 6.58 Å². The number of hydrogen-bond acceptors (Lipinski definition) is 5. The number of rotatable bonds is 3. The van der Waals surface area contributed by atoms with Crippen LogP contribution < -0.4 is 0 Å². The Morgan fingerprint density at radius 1 is 1.58 bits per heavy atom. The first-order valence-corrected chi connectivity index (χ1v) is 8.04. The third-order valence-corrected chi connectivity index (χ3v) is 5.06. The second-order valence-corrected chi connectivity index (χ2v) is 6.80. The number of fused-ring (bicyclic) bond motifs is 3. The van der Waals surface area contributed by atoms with E-state index in [0.29, 0.717) is 6.54 Å². The van der Waals surface area contributed by atoms with Gasteiger partial charge in [-0.15, -0.1) is 0 Å². The van der Waals surface area contributed by atoms with Gasteiger partial charge in [0.1, 0.15) is 18.3 Å². The summed E-state index contributed by atoms with van der Waals surface area (Å²) < 4.78 is 16.9. The van der Waals surface area contributed by atoms with Gasteiger partial charge in [-0.2, -0.15) is 0 Å². The number of nitrogens with zero attached hydrogens (tertiary/aromatic N) is 2. The molecule has 0 saturated carbocycles. The summed E-state index contributed by atoms with van der Waals surface area (Å²) in [4.78, 5) is 28.5. The topological polar surface area (TPSA) is 68.3 Å². The van der Waals surface area contributed by atoms with Crippen molar-refractivity contribution in [2.45, 2.75) is 37.8 Å². The molecule has 0 N–H and O–H groups in total. The predicted molar refractivity (Wildman–Crippen MR) is 86.1 cm³/mol. The van der Waals surface area contributed by atoms with Crippen molar-refractivity contribution in [2.75, 3.05) is 27.3 Å². The maximum Gasteiger partial charge on any atom is 0.410 e. The van der Waals surface area contributed by atoms with Crippen molar-refractivity contribution in [1.29, 1.82) is 0 Å². The van der Waals surface area contributed by atoms with Gasteiger partial charge in [-0.05, 0) is 13.8 Å². The van der Waals surface area contributed by atoms with E-state index in [1.165, 1.54) is 6.08 Å². The van der Waals surface area contributed by atoms with Gasteiger partial charge in [0.15, 0.2) is 6.23 Å². The zero-order chi connectivity index (χ0) is 17.6. The van der Waals surface area contributed by atoms with E-state index in [1.807, 2.05) is 19.9 Å². The first-order valence-electron chi connectivity index (χ1n) is 8.04. The number of hydrogen-bond donors (Lipinski definition) is 0. The molecular formula is C17H24N2O5. The second-order valence-electron chi connectivity index (χ2n) is 6.80. The largest absolute Gasteiger partial charge is 0.445 e. The van der Waals surface area contributed by atoms with Crippen LogP contribution in [0, 0.1) is 5.92 Å². The van der Waals surface area contributed by atoms with Crippen LogP contribution in [-0.4, -0.2) is 73.1 Å². The van der Waals surface area contributed by atoms with E-state index < -0.39 is 36.0 Å². The van der Waals surface area contributed by atoms with Crippen molar-refractivity contribution < 1.29 is 23.8 Å². The maximum absolute atomic E-state index is 12.8. The van der Waals surface area contributed by atoms with Crippen LogP contribution in [0.2, 0.25) is 0 Å². The van der Waals surface area contributed by atoms with Gasteiger partial charge < -0.3 is 19.1 Å². The highest BCUT2D eigenvalue weighted by Crippen LogP contribution is 2.48. The van der Waals surface area contributed by atoms with Gasteiger partial charge in [0.2, 0.25) is 5.91 Å². The Morgan fingerprint density at radius 2 is 2.29 bits per heavy atom. The van der Waals surface area contributed by atoms with Crippen LogP contribution in [0.5, 0.6) is 0 Å². The minimum absolute atomic E-state index is 0.0740. The molecule has 2 fully saturated rings. The smallest absolute Gasteiger partial charge is 0.410 e. The number of likely N-dealkylation sites (N-methyl/N-ethyl adjacent to an activating group) is 1. The number of ether oxygens (including phenoxy) is 3. The monoisotopic (exact) mass is 336 g/mol. The van der Waals surface area contributed by atoms with E-state index in [0.717, 1.165) is 5.57 Å². The van der Waals surface area contributed by atoms with Crippen molar-refractivity contribution >= 4 is 12.0 Å². The summed E-state index contributed by atoms with van der Waals surface area (Å²) in [5.74, 6) is -0.541. The maximum atomic E-state index is 12.8. The minimum Gasteiger partial charge on any atom is -0.445 e. The predicted octanol–water partition coefficient (Wildman–Crippen LogP) is 1.16. The molecule has 132 valence electrons. The Hall–Kier alpha value is -1.86. The summed E-state index contributed by atoms with van der Waals surface area (Å²) in [7, 11) is 3.25. The molecule has 0 aromatic rings. The lowest BCUT2D eigenvalue weighted by atomic mass is 9.82. The van der Waals surface area contributed by atoms with E-state index >= 15 is 0 Å². The van der Waals surface area contributed by atoms with E-state index in [1.54, 1.807) is 24.0 Å². The summed E-state index contributed by atoms with van der Waals surface area (Å²) in [5, 5.41) is 0. The fraction of sp³-hybridized carbons (Fsp3) is 0.647. The van der Waals surface area contributed by atoms with Gasteiger partial charge >= 0.3 is 6.09 Å². The Kier molecular flexibility index (Phi) is 4.17. The average Bonchev–Trinajstić information content (AvgIpc) is 2.94. The highest BCUT2D eigenvalue weighted by Gasteiger charge is 2.65. The molecule has 0 radical (unpaired) electrons. The second kappa shape index (κ2) is 5.89. The molecule has 0 unspecified atom stereocenters. The van der Waals surface area contributed by atoms with Crippen LogP contribution >= 0.6 is 0 Å². The number of carbonyl (C=O) groups is 2. The van der Waals surface area contributed by atoms with E-state index in [4.69, 9.17) is 14.2 Å². The van der Waals surface area contributed by atoms with Crippen LogP contribution in [-0.2, 0) is 19.0 Å². The summed E-state index contributed by atoms with van der Waals surface area (Å²) in [6.07, 6.45) is 2.20. The molecule has 24 heavy (non-hydrogen) atoms. The summed E-state index contributed by atoms with van der Waals surface area (Å²) in [5.41, 5.74) is 0.262. The standard InChI is InChI=1S/C17H24N2O5/c1-6-7-23-16(21)19-9-10(2)8-17(3)13(19)11-12(24-17)15(22-5)18(4)14(11)20/h6,8,11-13,15H,1,7,9H2,2-5H3/t11-,12-,13-,15+,17-/m0/s1. The molecule has 2 saturated heterocycles. The molecule has 0 bridgehead atoms. The first-order chi connectivity index (χ1) is 11.3. The number of likely N-dealkylation sites (tertiary alicyclic amines) is 1. The number of amides is 2. The quantitative estimate of drug-likeness (QED) is 0.724. The Labute approximate surface area is 141 Å². The fourth-order valence-corrected chi connectivity index (χ4v) is 4.27. The molecule has 7 heteroatoms. The van der Waals surface area contributed by atoms with Gasteiger partial charge in [-0.3, -0.25) is 9.69 Å². The average molecular weight is 336 g/mol. The third kappa shape index (κ3) is 2.34. The molecule has 3 heterocycles. The van der Waals surface area contributed by atoms with Crippen molar-refractivity contribution in [3.05, 3.63) is 24.3 Å². The zero-order valence-electron chi connectivity index (χ0n) is 14.5. The number of carbonyl (C=O) groups excluding carboxylic acids is 2. The van der Waals surface area contributed by atoms with Crippen LogP contribution in [0.1, 0.15) is 13.8 Å². The van der Waals surface area contributed by atoms with E-state index in [9.17, 15) is 9.59 Å². The normalized spacial score (nSPS) is 37.8. The molecule has 0 spiro atoms. The summed E-state index contributed by atoms with van der Waals surface area (Å²) in [6.45, 7) is 7.95. The van der Waals surface area contributed by atoms with Crippen molar-refractivity contribution in [3.8, 4) is 0 Å². The molecule has 0 aromatic heterocycles. The van der Waals surface area contributed by atoms with Crippen molar-refractivity contribution in [3.63, 3.8) is 0 Å². The third-order valence-electron chi connectivity index (χ3n) is 5.06. The lowest BCUT2D eigenvalue weighted by Gasteiger charge is -2.42.